The number of nitrogens with zero attached hydrogens (tertiary/aromatic N) is 2. The average molecular weight is 281 g/mol. The first-order chi connectivity index (χ1) is 9.02. The van der Waals surface area contributed by atoms with Gasteiger partial charge in [0.2, 0.25) is 11.8 Å². The van der Waals surface area contributed by atoms with Crippen molar-refractivity contribution in [1.82, 2.24) is 0 Å². The van der Waals surface area contributed by atoms with Crippen molar-refractivity contribution < 1.29 is 9.59 Å². The van der Waals surface area contributed by atoms with Crippen LogP contribution in [0.15, 0.2) is 24.3 Å². The fraction of sp³-hybridized carbons (Fsp3) is 0.429. The number of carbonyl (C=O) groups excluding carboxylic acids is 2. The molecular formula is C14H17ClN2O2. The summed E-state index contributed by atoms with van der Waals surface area (Å²) in [5.41, 5.74) is 1.68. The number of benzene rings is 1. The van der Waals surface area contributed by atoms with Gasteiger partial charge in [-0.15, -0.1) is 11.6 Å². The largest absolute Gasteiger partial charge is 0.316 e. The third-order valence-corrected chi connectivity index (χ3v) is 3.88. The Morgan fingerprint density at radius 3 is 2.53 bits per heavy atom. The fourth-order valence-corrected chi connectivity index (χ4v) is 2.38. The Labute approximate surface area is 117 Å². The van der Waals surface area contributed by atoms with Gasteiger partial charge in [-0.3, -0.25) is 9.59 Å². The summed E-state index contributed by atoms with van der Waals surface area (Å²) in [6, 6.07) is 7.42. The van der Waals surface area contributed by atoms with E-state index in [1.54, 1.807) is 16.8 Å². The zero-order valence-electron chi connectivity index (χ0n) is 11.1. The van der Waals surface area contributed by atoms with Crippen LogP contribution in [0.3, 0.4) is 0 Å². The molecule has 2 rings (SSSR count). The molecule has 102 valence electrons. The van der Waals surface area contributed by atoms with Crippen LogP contribution < -0.4 is 9.80 Å². The first-order valence-corrected chi connectivity index (χ1v) is 6.77. The summed E-state index contributed by atoms with van der Waals surface area (Å²) in [7, 11) is 1.72. The third-order valence-electron chi connectivity index (χ3n) is 3.44. The minimum absolute atomic E-state index is 0.0211. The van der Waals surface area contributed by atoms with E-state index in [1.807, 2.05) is 24.3 Å². The molecule has 1 aliphatic heterocycles. The summed E-state index contributed by atoms with van der Waals surface area (Å²) >= 11 is 5.80. The lowest BCUT2D eigenvalue weighted by Gasteiger charge is -2.19. The molecule has 0 spiro atoms. The molecule has 5 heteroatoms. The van der Waals surface area contributed by atoms with E-state index in [0.29, 0.717) is 18.8 Å². The Morgan fingerprint density at radius 1 is 1.42 bits per heavy atom. The van der Waals surface area contributed by atoms with E-state index in [9.17, 15) is 9.59 Å². The Balaban J connectivity index is 2.15. The van der Waals surface area contributed by atoms with Gasteiger partial charge in [0.1, 0.15) is 0 Å². The maximum atomic E-state index is 11.9. The molecule has 1 aromatic rings. The summed E-state index contributed by atoms with van der Waals surface area (Å²) in [6.07, 6.45) is 0.513. The number of hydrogen-bond acceptors (Lipinski definition) is 2. The van der Waals surface area contributed by atoms with E-state index < -0.39 is 0 Å². The van der Waals surface area contributed by atoms with Gasteiger partial charge in [-0.2, -0.15) is 0 Å². The highest BCUT2D eigenvalue weighted by atomic mass is 35.5. The maximum absolute atomic E-state index is 11.9. The number of carbonyl (C=O) groups is 2. The highest BCUT2D eigenvalue weighted by Gasteiger charge is 2.29. The molecule has 2 amide bonds. The van der Waals surface area contributed by atoms with Gasteiger partial charge in [0.25, 0.3) is 0 Å². The lowest BCUT2D eigenvalue weighted by molar-refractivity contribution is -0.117. The lowest BCUT2D eigenvalue weighted by Crippen LogP contribution is -2.25. The SMILES string of the molecule is CC(=O)N(C)c1ccc(N2CC(CCl)CC2=O)cc1. The molecule has 19 heavy (non-hydrogen) atoms. The minimum atomic E-state index is -0.0211. The molecule has 1 aromatic carbocycles. The second-order valence-corrected chi connectivity index (χ2v) is 5.13. The summed E-state index contributed by atoms with van der Waals surface area (Å²) in [5, 5.41) is 0. The molecule has 1 aliphatic rings. The minimum Gasteiger partial charge on any atom is -0.316 e. The summed E-state index contributed by atoms with van der Waals surface area (Å²) < 4.78 is 0. The Morgan fingerprint density at radius 2 is 2.05 bits per heavy atom. The van der Waals surface area contributed by atoms with Crippen molar-refractivity contribution in [2.75, 3.05) is 29.3 Å². The van der Waals surface area contributed by atoms with Crippen molar-refractivity contribution in [1.29, 1.82) is 0 Å². The van der Waals surface area contributed by atoms with Gasteiger partial charge < -0.3 is 9.80 Å². The zero-order chi connectivity index (χ0) is 14.0. The molecule has 1 heterocycles. The first-order valence-electron chi connectivity index (χ1n) is 6.23. The zero-order valence-corrected chi connectivity index (χ0v) is 11.9. The molecule has 0 N–H and O–H groups in total. The standard InChI is InChI=1S/C14H17ClN2O2/c1-10(18)16(2)12-3-5-13(6-4-12)17-9-11(8-15)7-14(17)19/h3-6,11H,7-9H2,1-2H3. The molecule has 1 saturated heterocycles. The van der Waals surface area contributed by atoms with Crippen LogP contribution in [0.5, 0.6) is 0 Å². The number of halogens is 1. The van der Waals surface area contributed by atoms with E-state index in [-0.39, 0.29) is 17.7 Å². The lowest BCUT2D eigenvalue weighted by atomic mass is 10.1. The van der Waals surface area contributed by atoms with Crippen LogP contribution in [-0.4, -0.2) is 31.3 Å². The molecule has 0 aliphatic carbocycles. The van der Waals surface area contributed by atoms with Crippen molar-refractivity contribution >= 4 is 34.8 Å². The third kappa shape index (κ3) is 2.89. The van der Waals surface area contributed by atoms with Crippen molar-refractivity contribution in [2.24, 2.45) is 5.92 Å². The van der Waals surface area contributed by atoms with Crippen molar-refractivity contribution in [3.63, 3.8) is 0 Å². The van der Waals surface area contributed by atoms with Gasteiger partial charge in [0, 0.05) is 44.2 Å². The predicted octanol–water partition coefficient (Wildman–Crippen LogP) is 2.26. The van der Waals surface area contributed by atoms with Crippen LogP contribution in [0, 0.1) is 5.92 Å². The van der Waals surface area contributed by atoms with Crippen LogP contribution in [0.2, 0.25) is 0 Å². The van der Waals surface area contributed by atoms with Crippen molar-refractivity contribution in [2.45, 2.75) is 13.3 Å². The van der Waals surface area contributed by atoms with Gasteiger partial charge in [0.15, 0.2) is 0 Å². The summed E-state index contributed by atoms with van der Waals surface area (Å²) in [4.78, 5) is 26.5. The van der Waals surface area contributed by atoms with Crippen LogP contribution in [0.1, 0.15) is 13.3 Å². The molecule has 0 aromatic heterocycles. The van der Waals surface area contributed by atoms with E-state index >= 15 is 0 Å². The highest BCUT2D eigenvalue weighted by Crippen LogP contribution is 2.27. The molecule has 1 fully saturated rings. The highest BCUT2D eigenvalue weighted by molar-refractivity contribution is 6.18. The van der Waals surface area contributed by atoms with Crippen molar-refractivity contribution in [3.05, 3.63) is 24.3 Å². The number of alkyl halides is 1. The van der Waals surface area contributed by atoms with Gasteiger partial charge >= 0.3 is 0 Å². The van der Waals surface area contributed by atoms with Gasteiger partial charge in [-0.1, -0.05) is 0 Å². The number of hydrogen-bond donors (Lipinski definition) is 0. The molecule has 0 bridgehead atoms. The fourth-order valence-electron chi connectivity index (χ4n) is 2.17. The molecule has 4 nitrogen and oxygen atoms in total. The second-order valence-electron chi connectivity index (χ2n) is 4.82. The van der Waals surface area contributed by atoms with Gasteiger partial charge in [0.05, 0.1) is 0 Å². The number of anilines is 2. The second kappa shape index (κ2) is 5.61. The van der Waals surface area contributed by atoms with Gasteiger partial charge in [-0.05, 0) is 30.2 Å². The van der Waals surface area contributed by atoms with E-state index in [1.165, 1.54) is 6.92 Å². The normalized spacial score (nSPS) is 18.8. The van der Waals surface area contributed by atoms with E-state index in [0.717, 1.165) is 11.4 Å². The van der Waals surface area contributed by atoms with Crippen LogP contribution >= 0.6 is 11.6 Å². The van der Waals surface area contributed by atoms with Gasteiger partial charge in [-0.25, -0.2) is 0 Å². The predicted molar refractivity (Wildman–Crippen MR) is 76.7 cm³/mol. The quantitative estimate of drug-likeness (QED) is 0.797. The topological polar surface area (TPSA) is 40.6 Å². The molecular weight excluding hydrogens is 264 g/mol. The molecule has 0 saturated carbocycles. The molecule has 0 radical (unpaired) electrons. The summed E-state index contributed by atoms with van der Waals surface area (Å²) in [6.45, 7) is 2.19. The van der Waals surface area contributed by atoms with E-state index in [2.05, 4.69) is 0 Å². The Kier molecular flexibility index (Phi) is 4.10. The average Bonchev–Trinajstić information content (AvgIpc) is 2.79. The van der Waals surface area contributed by atoms with Crippen LogP contribution in [0.25, 0.3) is 0 Å². The number of rotatable bonds is 3. The summed E-state index contributed by atoms with van der Waals surface area (Å²) in [5.74, 6) is 0.826. The Bertz CT molecular complexity index is 487. The monoisotopic (exact) mass is 280 g/mol. The van der Waals surface area contributed by atoms with Crippen molar-refractivity contribution in [3.8, 4) is 0 Å². The van der Waals surface area contributed by atoms with Crippen LogP contribution in [-0.2, 0) is 9.59 Å². The van der Waals surface area contributed by atoms with E-state index in [4.69, 9.17) is 11.6 Å². The smallest absolute Gasteiger partial charge is 0.227 e. The van der Waals surface area contributed by atoms with Crippen LogP contribution in [0.4, 0.5) is 11.4 Å². The molecule has 1 unspecified atom stereocenters. The maximum Gasteiger partial charge on any atom is 0.227 e. The first kappa shape index (κ1) is 13.9. The number of amides is 2. The Hall–Kier alpha value is -1.55. The molecule has 1 atom stereocenters.